The number of halogens is 2. The summed E-state index contributed by atoms with van der Waals surface area (Å²) < 4.78 is 12.8. The van der Waals surface area contributed by atoms with E-state index in [4.69, 9.17) is 15.2 Å². The highest BCUT2D eigenvalue weighted by Crippen LogP contribution is 2.70. The van der Waals surface area contributed by atoms with E-state index in [9.17, 15) is 4.79 Å². The average molecular weight is 537 g/mol. The summed E-state index contributed by atoms with van der Waals surface area (Å²) in [6, 6.07) is 17.2. The van der Waals surface area contributed by atoms with Gasteiger partial charge in [0, 0.05) is 12.3 Å². The minimum atomic E-state index is -0.592. The first-order valence-corrected chi connectivity index (χ1v) is 11.6. The molecule has 2 aromatic rings. The van der Waals surface area contributed by atoms with Crippen LogP contribution in [0.3, 0.4) is 0 Å². The lowest BCUT2D eigenvalue weighted by Crippen LogP contribution is -2.24. The first-order chi connectivity index (χ1) is 14.2. The highest BCUT2D eigenvalue weighted by Gasteiger charge is 2.72. The van der Waals surface area contributed by atoms with E-state index in [0.717, 1.165) is 14.7 Å². The molecule has 30 heavy (non-hydrogen) atoms. The van der Waals surface area contributed by atoms with Crippen LogP contribution in [-0.2, 0) is 9.53 Å². The van der Waals surface area contributed by atoms with Crippen molar-refractivity contribution in [1.82, 2.24) is 0 Å². The summed E-state index contributed by atoms with van der Waals surface area (Å²) in [6.07, 6.45) is 2.14. The zero-order chi connectivity index (χ0) is 21.9. The predicted octanol–water partition coefficient (Wildman–Crippen LogP) is 6.71. The smallest absolute Gasteiger partial charge is 0.313 e. The SMILES string of the molecule is CC1(C)C(C=C(Br)Br)C1(C)C(=O)OC(CCN)c1cccc(Oc2ccccc2)c1. The van der Waals surface area contributed by atoms with E-state index >= 15 is 0 Å². The summed E-state index contributed by atoms with van der Waals surface area (Å²) in [4.78, 5) is 13.2. The molecule has 3 atom stereocenters. The van der Waals surface area contributed by atoms with Crippen LogP contribution < -0.4 is 10.5 Å². The van der Waals surface area contributed by atoms with Crippen LogP contribution in [0.4, 0.5) is 0 Å². The van der Waals surface area contributed by atoms with Crippen molar-refractivity contribution >= 4 is 37.8 Å². The lowest BCUT2D eigenvalue weighted by molar-refractivity contribution is -0.157. The van der Waals surface area contributed by atoms with E-state index in [0.29, 0.717) is 18.7 Å². The third kappa shape index (κ3) is 4.66. The van der Waals surface area contributed by atoms with Crippen molar-refractivity contribution in [2.24, 2.45) is 22.5 Å². The Morgan fingerprint density at radius 3 is 2.40 bits per heavy atom. The molecule has 0 heterocycles. The monoisotopic (exact) mass is 535 g/mol. The van der Waals surface area contributed by atoms with Crippen molar-refractivity contribution in [3.05, 3.63) is 69.6 Å². The molecule has 0 aromatic heterocycles. The van der Waals surface area contributed by atoms with Crippen molar-refractivity contribution < 1.29 is 14.3 Å². The van der Waals surface area contributed by atoms with Gasteiger partial charge in [-0.05, 0) is 80.6 Å². The van der Waals surface area contributed by atoms with Gasteiger partial charge in [0.25, 0.3) is 0 Å². The van der Waals surface area contributed by atoms with Gasteiger partial charge in [-0.25, -0.2) is 0 Å². The number of esters is 1. The van der Waals surface area contributed by atoms with E-state index in [1.807, 2.05) is 67.6 Å². The molecule has 3 unspecified atom stereocenters. The second-order valence-electron chi connectivity index (χ2n) is 8.32. The number of nitrogens with two attached hydrogens (primary N) is 1. The van der Waals surface area contributed by atoms with Crippen LogP contribution in [0.1, 0.15) is 38.9 Å². The van der Waals surface area contributed by atoms with Gasteiger partial charge < -0.3 is 15.2 Å². The zero-order valence-corrected chi connectivity index (χ0v) is 20.6. The Balaban J connectivity index is 1.79. The fourth-order valence-electron chi connectivity index (χ4n) is 4.02. The minimum absolute atomic E-state index is 0.0810. The van der Waals surface area contributed by atoms with Gasteiger partial charge in [0.15, 0.2) is 0 Å². The highest BCUT2D eigenvalue weighted by molar-refractivity contribution is 9.28. The van der Waals surface area contributed by atoms with Crippen molar-refractivity contribution in [2.45, 2.75) is 33.3 Å². The Labute approximate surface area is 195 Å². The predicted molar refractivity (Wildman–Crippen MR) is 127 cm³/mol. The number of carbonyl (C=O) groups is 1. The van der Waals surface area contributed by atoms with E-state index in [1.165, 1.54) is 0 Å². The Bertz CT molecular complexity index is 925. The van der Waals surface area contributed by atoms with Crippen LogP contribution in [0, 0.1) is 16.7 Å². The van der Waals surface area contributed by atoms with Gasteiger partial charge in [0.05, 0.1) is 8.81 Å². The standard InChI is InChI=1S/C24H27Br2NO3/c1-23(2)20(15-21(25)26)24(23,3)22(28)30-19(12-13-27)16-8-7-11-18(14-16)29-17-9-5-4-6-10-17/h4-11,14-15,19-20H,12-13,27H2,1-3H3. The number of rotatable bonds is 8. The van der Waals surface area contributed by atoms with Gasteiger partial charge in [-0.3, -0.25) is 4.79 Å². The third-order valence-corrected chi connectivity index (χ3v) is 6.79. The van der Waals surface area contributed by atoms with E-state index < -0.39 is 11.5 Å². The first kappa shape index (κ1) is 23.0. The Hall–Kier alpha value is -1.63. The first-order valence-electron chi connectivity index (χ1n) is 9.97. The van der Waals surface area contributed by atoms with E-state index in [1.54, 1.807) is 0 Å². The van der Waals surface area contributed by atoms with Crippen LogP contribution in [0.2, 0.25) is 0 Å². The molecule has 1 aliphatic rings. The van der Waals surface area contributed by atoms with Gasteiger partial charge >= 0.3 is 5.97 Å². The van der Waals surface area contributed by atoms with Crippen LogP contribution in [0.25, 0.3) is 0 Å². The van der Waals surface area contributed by atoms with Gasteiger partial charge in [-0.2, -0.15) is 0 Å². The summed E-state index contributed by atoms with van der Waals surface area (Å²) in [5.41, 5.74) is 5.92. The molecule has 0 aliphatic heterocycles. The normalized spacial score (nSPS) is 22.7. The molecule has 0 saturated heterocycles. The van der Waals surface area contributed by atoms with Crippen LogP contribution in [-0.4, -0.2) is 12.5 Å². The van der Waals surface area contributed by atoms with Crippen LogP contribution in [0.5, 0.6) is 11.5 Å². The molecule has 0 amide bonds. The van der Waals surface area contributed by atoms with Gasteiger partial charge in [-0.1, -0.05) is 50.3 Å². The largest absolute Gasteiger partial charge is 0.457 e. The van der Waals surface area contributed by atoms with Crippen molar-refractivity contribution in [2.75, 3.05) is 6.54 Å². The molecule has 2 N–H and O–H groups in total. The fraction of sp³-hybridized carbons (Fsp3) is 0.375. The lowest BCUT2D eigenvalue weighted by Gasteiger charge is -2.22. The topological polar surface area (TPSA) is 61.5 Å². The maximum absolute atomic E-state index is 13.2. The van der Waals surface area contributed by atoms with Gasteiger partial charge in [0.1, 0.15) is 17.6 Å². The number of ether oxygens (including phenoxy) is 2. The number of carbonyl (C=O) groups excluding carboxylic acids is 1. The van der Waals surface area contributed by atoms with E-state index in [2.05, 4.69) is 45.7 Å². The second-order valence-corrected chi connectivity index (χ2v) is 11.1. The molecule has 0 spiro atoms. The third-order valence-electron chi connectivity index (χ3n) is 6.26. The molecule has 4 nitrogen and oxygen atoms in total. The van der Waals surface area contributed by atoms with Crippen LogP contribution in [0.15, 0.2) is 64.1 Å². The molecule has 6 heteroatoms. The van der Waals surface area contributed by atoms with Gasteiger partial charge in [-0.15, -0.1) is 0 Å². The molecular weight excluding hydrogens is 510 g/mol. The molecule has 1 aliphatic carbocycles. The maximum atomic E-state index is 13.2. The summed E-state index contributed by atoms with van der Waals surface area (Å²) in [6.45, 7) is 6.56. The van der Waals surface area contributed by atoms with E-state index in [-0.39, 0.29) is 17.3 Å². The lowest BCUT2D eigenvalue weighted by atomic mass is 9.98. The van der Waals surface area contributed by atoms with Gasteiger partial charge in [0.2, 0.25) is 0 Å². The number of allylic oxidation sites excluding steroid dienone is 1. The fourth-order valence-corrected chi connectivity index (χ4v) is 4.54. The number of hydrogen-bond acceptors (Lipinski definition) is 4. The maximum Gasteiger partial charge on any atom is 0.313 e. The number of benzene rings is 2. The Morgan fingerprint density at radius 1 is 1.10 bits per heavy atom. The summed E-state index contributed by atoms with van der Waals surface area (Å²) >= 11 is 6.82. The molecule has 3 rings (SSSR count). The highest BCUT2D eigenvalue weighted by atomic mass is 79.9. The van der Waals surface area contributed by atoms with Crippen molar-refractivity contribution in [3.8, 4) is 11.5 Å². The molecule has 1 fully saturated rings. The molecule has 0 radical (unpaired) electrons. The van der Waals surface area contributed by atoms with Crippen molar-refractivity contribution in [3.63, 3.8) is 0 Å². The quantitative estimate of drug-likeness (QED) is 0.381. The molecule has 160 valence electrons. The number of para-hydroxylation sites is 1. The molecule has 2 aromatic carbocycles. The second kappa shape index (κ2) is 9.25. The summed E-state index contributed by atoms with van der Waals surface area (Å²) in [7, 11) is 0. The minimum Gasteiger partial charge on any atom is -0.457 e. The Kier molecular flexibility index (Phi) is 7.10. The molecule has 0 bridgehead atoms. The molecule has 1 saturated carbocycles. The van der Waals surface area contributed by atoms with Crippen molar-refractivity contribution in [1.29, 1.82) is 0 Å². The molecular formula is C24H27Br2NO3. The Morgan fingerprint density at radius 2 is 1.77 bits per heavy atom. The summed E-state index contributed by atoms with van der Waals surface area (Å²) in [5, 5.41) is 0. The zero-order valence-electron chi connectivity index (χ0n) is 17.4. The van der Waals surface area contributed by atoms with Crippen LogP contribution >= 0.6 is 31.9 Å². The average Bonchev–Trinajstić information content (AvgIpc) is 3.14. The number of hydrogen-bond donors (Lipinski definition) is 1. The summed E-state index contributed by atoms with van der Waals surface area (Å²) in [5.74, 6) is 1.32.